The third-order valence-electron chi connectivity index (χ3n) is 3.61. The molecule has 0 N–H and O–H groups in total. The van der Waals surface area contributed by atoms with Crippen molar-refractivity contribution in [3.05, 3.63) is 35.9 Å². The normalized spacial score (nSPS) is 10.5. The van der Waals surface area contributed by atoms with E-state index in [-0.39, 0.29) is 0 Å². The van der Waals surface area contributed by atoms with E-state index in [1.165, 1.54) is 5.56 Å². The first-order chi connectivity index (χ1) is 9.77. The van der Waals surface area contributed by atoms with Crippen LogP contribution in [0.5, 0.6) is 0 Å². The van der Waals surface area contributed by atoms with Gasteiger partial charge in [-0.1, -0.05) is 57.0 Å². The maximum Gasteiger partial charge on any atom is 0.222 e. The largest absolute Gasteiger partial charge is 0.343 e. The van der Waals surface area contributed by atoms with Crippen LogP contribution in [0, 0.1) is 0 Å². The Morgan fingerprint density at radius 2 is 1.55 bits per heavy atom. The highest BCUT2D eigenvalue weighted by Crippen LogP contribution is 2.08. The van der Waals surface area contributed by atoms with Crippen LogP contribution in [0.3, 0.4) is 0 Å². The van der Waals surface area contributed by atoms with E-state index in [1.54, 1.807) is 0 Å². The van der Waals surface area contributed by atoms with Crippen LogP contribution >= 0.6 is 0 Å². The number of hydrogen-bond donors (Lipinski definition) is 0. The molecule has 1 rings (SSSR count). The third kappa shape index (κ3) is 6.74. The van der Waals surface area contributed by atoms with Crippen LogP contribution in [0.25, 0.3) is 0 Å². The van der Waals surface area contributed by atoms with Gasteiger partial charge in [-0.3, -0.25) is 4.79 Å². The molecular formula is C18H29NO. The number of benzene rings is 1. The van der Waals surface area contributed by atoms with Crippen molar-refractivity contribution in [2.24, 2.45) is 0 Å². The Kier molecular flexibility index (Phi) is 8.77. The van der Waals surface area contributed by atoms with Gasteiger partial charge >= 0.3 is 0 Å². The lowest BCUT2D eigenvalue weighted by atomic mass is 10.1. The van der Waals surface area contributed by atoms with Crippen LogP contribution in [0.1, 0.15) is 57.9 Å². The van der Waals surface area contributed by atoms with Crippen molar-refractivity contribution >= 4 is 5.91 Å². The zero-order valence-corrected chi connectivity index (χ0v) is 13.1. The zero-order valence-electron chi connectivity index (χ0n) is 13.1. The van der Waals surface area contributed by atoms with Gasteiger partial charge in [0.05, 0.1) is 0 Å². The van der Waals surface area contributed by atoms with Crippen molar-refractivity contribution in [1.29, 1.82) is 0 Å². The predicted octanol–water partition coefficient (Wildman–Crippen LogP) is 4.44. The Morgan fingerprint density at radius 1 is 0.950 bits per heavy atom. The molecule has 1 aromatic carbocycles. The molecule has 2 heteroatoms. The lowest BCUT2D eigenvalue weighted by Crippen LogP contribution is -2.32. The van der Waals surface area contributed by atoms with Crippen LogP contribution < -0.4 is 0 Å². The van der Waals surface area contributed by atoms with Crippen molar-refractivity contribution in [3.63, 3.8) is 0 Å². The molecule has 0 aliphatic carbocycles. The summed E-state index contributed by atoms with van der Waals surface area (Å²) < 4.78 is 0. The van der Waals surface area contributed by atoms with Crippen molar-refractivity contribution < 1.29 is 4.79 Å². The lowest BCUT2D eigenvalue weighted by Gasteiger charge is -2.22. The van der Waals surface area contributed by atoms with Gasteiger partial charge in [0, 0.05) is 19.5 Å². The van der Waals surface area contributed by atoms with Crippen LogP contribution in [0.15, 0.2) is 30.3 Å². The van der Waals surface area contributed by atoms with Crippen LogP contribution in [-0.2, 0) is 11.2 Å². The lowest BCUT2D eigenvalue weighted by molar-refractivity contribution is -0.131. The summed E-state index contributed by atoms with van der Waals surface area (Å²) in [4.78, 5) is 14.3. The molecule has 0 aliphatic rings. The van der Waals surface area contributed by atoms with Crippen LogP contribution in [-0.4, -0.2) is 23.9 Å². The van der Waals surface area contributed by atoms with E-state index in [4.69, 9.17) is 0 Å². The van der Waals surface area contributed by atoms with E-state index >= 15 is 0 Å². The molecule has 0 aliphatic heterocycles. The predicted molar refractivity (Wildman–Crippen MR) is 85.8 cm³/mol. The first kappa shape index (κ1) is 16.7. The minimum Gasteiger partial charge on any atom is -0.343 e. The number of rotatable bonds is 10. The van der Waals surface area contributed by atoms with Gasteiger partial charge in [-0.05, 0) is 31.2 Å². The number of nitrogens with zero attached hydrogens (tertiary/aromatic N) is 1. The monoisotopic (exact) mass is 275 g/mol. The van der Waals surface area contributed by atoms with E-state index in [1.807, 2.05) is 6.07 Å². The van der Waals surface area contributed by atoms with Crippen LogP contribution in [0.4, 0.5) is 0 Å². The second kappa shape index (κ2) is 10.5. The maximum atomic E-state index is 12.3. The topological polar surface area (TPSA) is 20.3 Å². The molecule has 0 aromatic heterocycles. The van der Waals surface area contributed by atoms with E-state index < -0.39 is 0 Å². The fourth-order valence-corrected chi connectivity index (χ4v) is 2.31. The van der Waals surface area contributed by atoms with E-state index in [0.717, 1.165) is 51.6 Å². The fourth-order valence-electron chi connectivity index (χ4n) is 2.31. The summed E-state index contributed by atoms with van der Waals surface area (Å²) in [7, 11) is 0. The minimum atomic E-state index is 0.336. The summed E-state index contributed by atoms with van der Waals surface area (Å²) in [6.45, 7) is 6.22. The van der Waals surface area contributed by atoms with Crippen LogP contribution in [0.2, 0.25) is 0 Å². The summed E-state index contributed by atoms with van der Waals surface area (Å²) in [6.07, 6.45) is 7.18. The van der Waals surface area contributed by atoms with Crippen molar-refractivity contribution in [1.82, 2.24) is 4.90 Å². The molecule has 0 fully saturated rings. The Bertz CT molecular complexity index is 353. The molecule has 1 aromatic rings. The van der Waals surface area contributed by atoms with E-state index in [0.29, 0.717) is 12.3 Å². The standard InChI is InChI=1S/C18H29NO/c1-3-5-15-19(16-6-4-2)18(20)14-10-13-17-11-8-7-9-12-17/h7-9,11-12H,3-6,10,13-16H2,1-2H3. The number of aryl methyl sites for hydroxylation is 1. The average Bonchev–Trinajstić information content (AvgIpc) is 2.48. The molecule has 0 heterocycles. The van der Waals surface area contributed by atoms with Gasteiger partial charge in [0.2, 0.25) is 5.91 Å². The molecule has 2 nitrogen and oxygen atoms in total. The molecule has 0 atom stereocenters. The molecule has 1 amide bonds. The highest BCUT2D eigenvalue weighted by molar-refractivity contribution is 5.76. The first-order valence-electron chi connectivity index (χ1n) is 8.09. The Hall–Kier alpha value is -1.31. The Labute approximate surface area is 124 Å². The van der Waals surface area contributed by atoms with E-state index in [9.17, 15) is 4.79 Å². The molecule has 0 spiro atoms. The summed E-state index contributed by atoms with van der Waals surface area (Å²) >= 11 is 0. The molecular weight excluding hydrogens is 246 g/mol. The molecule has 0 saturated carbocycles. The van der Waals surface area contributed by atoms with Gasteiger partial charge in [-0.25, -0.2) is 0 Å². The summed E-state index contributed by atoms with van der Waals surface area (Å²) in [5, 5.41) is 0. The highest BCUT2D eigenvalue weighted by Gasteiger charge is 2.11. The van der Waals surface area contributed by atoms with Gasteiger partial charge in [0.25, 0.3) is 0 Å². The SMILES string of the molecule is CCCCN(CCCC)C(=O)CCCc1ccccc1. The smallest absolute Gasteiger partial charge is 0.222 e. The molecule has 0 radical (unpaired) electrons. The van der Waals surface area contributed by atoms with Gasteiger partial charge in [-0.15, -0.1) is 0 Å². The Morgan fingerprint density at radius 3 is 2.10 bits per heavy atom. The molecule has 0 saturated heterocycles. The maximum absolute atomic E-state index is 12.3. The number of carbonyl (C=O) groups excluding carboxylic acids is 1. The fraction of sp³-hybridized carbons (Fsp3) is 0.611. The number of hydrogen-bond acceptors (Lipinski definition) is 1. The first-order valence-corrected chi connectivity index (χ1v) is 8.09. The zero-order chi connectivity index (χ0) is 14.6. The molecule has 112 valence electrons. The summed E-state index contributed by atoms with van der Waals surface area (Å²) in [5.41, 5.74) is 1.33. The highest BCUT2D eigenvalue weighted by atomic mass is 16.2. The van der Waals surface area contributed by atoms with Crippen molar-refractivity contribution in [2.45, 2.75) is 58.8 Å². The van der Waals surface area contributed by atoms with Gasteiger partial charge in [-0.2, -0.15) is 0 Å². The summed E-state index contributed by atoms with van der Waals surface area (Å²) in [5.74, 6) is 0.336. The van der Waals surface area contributed by atoms with Gasteiger partial charge in [0.15, 0.2) is 0 Å². The molecule has 20 heavy (non-hydrogen) atoms. The molecule has 0 unspecified atom stereocenters. The second-order valence-corrected chi connectivity index (χ2v) is 5.43. The Balaban J connectivity index is 2.32. The van der Waals surface area contributed by atoms with Gasteiger partial charge < -0.3 is 4.90 Å². The second-order valence-electron chi connectivity index (χ2n) is 5.43. The number of carbonyl (C=O) groups is 1. The molecule has 0 bridgehead atoms. The van der Waals surface area contributed by atoms with Crippen molar-refractivity contribution in [3.8, 4) is 0 Å². The quantitative estimate of drug-likeness (QED) is 0.618. The summed E-state index contributed by atoms with van der Waals surface area (Å²) in [6, 6.07) is 10.4. The third-order valence-corrected chi connectivity index (χ3v) is 3.61. The van der Waals surface area contributed by atoms with Crippen molar-refractivity contribution in [2.75, 3.05) is 13.1 Å². The number of amides is 1. The average molecular weight is 275 g/mol. The minimum absolute atomic E-state index is 0.336. The number of unbranched alkanes of at least 4 members (excludes halogenated alkanes) is 2. The van der Waals surface area contributed by atoms with E-state index in [2.05, 4.69) is 43.0 Å². The van der Waals surface area contributed by atoms with Gasteiger partial charge in [0.1, 0.15) is 0 Å².